The number of Topliss-reactive ketones (excluding diaryl/α,β-unsaturated/α-hetero) is 1. The van der Waals surface area contributed by atoms with Crippen LogP contribution in [0.15, 0.2) is 78.2 Å². The molecule has 29 heavy (non-hydrogen) atoms. The monoisotopic (exact) mass is 420 g/mol. The van der Waals surface area contributed by atoms with Crippen LogP contribution in [-0.2, 0) is 0 Å². The summed E-state index contributed by atoms with van der Waals surface area (Å²) in [5, 5.41) is 10.00. The van der Waals surface area contributed by atoms with Gasteiger partial charge in [-0.3, -0.25) is 14.3 Å². The second kappa shape index (κ2) is 8.59. The van der Waals surface area contributed by atoms with Gasteiger partial charge in [-0.15, -0.1) is 10.2 Å². The van der Waals surface area contributed by atoms with Crippen LogP contribution in [0.4, 0.5) is 0 Å². The van der Waals surface area contributed by atoms with Crippen molar-refractivity contribution in [3.05, 3.63) is 89.2 Å². The lowest BCUT2D eigenvalue weighted by Crippen LogP contribution is -2.05. The van der Waals surface area contributed by atoms with Gasteiger partial charge in [0.1, 0.15) is 0 Å². The standard InChI is InChI=1S/C22H17ClN4OS/c1-15-2-8-19(9-3-15)27-21(17-10-12-24-13-11-17)25-26-22(27)29-14-20(28)16-4-6-18(23)7-5-16/h2-13H,14H2,1H3. The Balaban J connectivity index is 1.66. The molecule has 4 aromatic rings. The lowest BCUT2D eigenvalue weighted by atomic mass is 10.1. The molecule has 0 aliphatic carbocycles. The molecule has 0 fully saturated rings. The Morgan fingerprint density at radius 3 is 2.34 bits per heavy atom. The van der Waals surface area contributed by atoms with Crippen LogP contribution in [0.3, 0.4) is 0 Å². The third kappa shape index (κ3) is 4.39. The smallest absolute Gasteiger partial charge is 0.196 e. The largest absolute Gasteiger partial charge is 0.293 e. The fourth-order valence-corrected chi connectivity index (χ4v) is 3.80. The number of pyridine rings is 1. The number of nitrogens with zero attached hydrogens (tertiary/aromatic N) is 4. The molecule has 0 aliphatic rings. The van der Waals surface area contributed by atoms with Crippen molar-refractivity contribution in [3.63, 3.8) is 0 Å². The predicted octanol–water partition coefficient (Wildman–Crippen LogP) is 5.27. The molecular weight excluding hydrogens is 404 g/mol. The van der Waals surface area contributed by atoms with Crippen molar-refractivity contribution in [2.45, 2.75) is 12.1 Å². The Kier molecular flexibility index (Phi) is 5.74. The number of aromatic nitrogens is 4. The average molecular weight is 421 g/mol. The van der Waals surface area contributed by atoms with Crippen molar-refractivity contribution < 1.29 is 4.79 Å². The van der Waals surface area contributed by atoms with E-state index in [0.29, 0.717) is 21.6 Å². The summed E-state index contributed by atoms with van der Waals surface area (Å²) in [7, 11) is 0. The Morgan fingerprint density at radius 1 is 0.966 bits per heavy atom. The third-order valence-corrected chi connectivity index (χ3v) is 5.54. The van der Waals surface area contributed by atoms with Gasteiger partial charge in [-0.1, -0.05) is 41.1 Å². The molecule has 144 valence electrons. The lowest BCUT2D eigenvalue weighted by molar-refractivity contribution is 0.102. The molecule has 0 N–H and O–H groups in total. The van der Waals surface area contributed by atoms with Crippen molar-refractivity contribution in [3.8, 4) is 17.1 Å². The Hall–Kier alpha value is -2.96. The quantitative estimate of drug-likeness (QED) is 0.314. The molecule has 0 saturated heterocycles. The molecule has 0 radical (unpaired) electrons. The molecule has 0 atom stereocenters. The van der Waals surface area contributed by atoms with Crippen LogP contribution in [0.25, 0.3) is 17.1 Å². The maximum Gasteiger partial charge on any atom is 0.196 e. The number of halogens is 1. The first-order valence-electron chi connectivity index (χ1n) is 8.96. The van der Waals surface area contributed by atoms with E-state index < -0.39 is 0 Å². The maximum atomic E-state index is 12.6. The fourth-order valence-electron chi connectivity index (χ4n) is 2.83. The minimum Gasteiger partial charge on any atom is -0.293 e. The van der Waals surface area contributed by atoms with E-state index in [-0.39, 0.29) is 11.5 Å². The zero-order valence-corrected chi connectivity index (χ0v) is 17.2. The van der Waals surface area contributed by atoms with Crippen LogP contribution in [0.2, 0.25) is 5.02 Å². The molecule has 5 nitrogen and oxygen atoms in total. The summed E-state index contributed by atoms with van der Waals surface area (Å²) in [6.07, 6.45) is 3.45. The first-order valence-corrected chi connectivity index (χ1v) is 10.3. The first kappa shape index (κ1) is 19.4. The van der Waals surface area contributed by atoms with E-state index in [1.807, 2.05) is 47.9 Å². The second-order valence-corrected chi connectivity index (χ2v) is 7.81. The highest BCUT2D eigenvalue weighted by Crippen LogP contribution is 2.28. The molecule has 4 rings (SSSR count). The number of ketones is 1. The van der Waals surface area contributed by atoms with Crippen molar-refractivity contribution >= 4 is 29.1 Å². The van der Waals surface area contributed by atoms with E-state index in [1.165, 1.54) is 17.3 Å². The highest BCUT2D eigenvalue weighted by Gasteiger charge is 2.17. The van der Waals surface area contributed by atoms with E-state index in [9.17, 15) is 4.79 Å². The maximum absolute atomic E-state index is 12.6. The molecule has 0 saturated carbocycles. The normalized spacial score (nSPS) is 10.8. The number of rotatable bonds is 6. The fraction of sp³-hybridized carbons (Fsp3) is 0.0909. The predicted molar refractivity (Wildman–Crippen MR) is 116 cm³/mol. The topological polar surface area (TPSA) is 60.7 Å². The van der Waals surface area contributed by atoms with Crippen molar-refractivity contribution in [2.75, 3.05) is 5.75 Å². The average Bonchev–Trinajstić information content (AvgIpc) is 3.17. The summed E-state index contributed by atoms with van der Waals surface area (Å²) in [6, 6.07) is 18.8. The molecule has 2 aromatic carbocycles. The molecular formula is C22H17ClN4OS. The SMILES string of the molecule is Cc1ccc(-n2c(SCC(=O)c3ccc(Cl)cc3)nnc2-c2ccncc2)cc1. The van der Waals surface area contributed by atoms with Crippen molar-refractivity contribution in [1.29, 1.82) is 0 Å². The molecule has 2 heterocycles. The van der Waals surface area contributed by atoms with E-state index in [4.69, 9.17) is 11.6 Å². The number of carbonyl (C=O) groups excluding carboxylic acids is 1. The Labute approximate surface area is 177 Å². The zero-order valence-electron chi connectivity index (χ0n) is 15.6. The summed E-state index contributed by atoms with van der Waals surface area (Å²) < 4.78 is 1.97. The number of hydrogen-bond donors (Lipinski definition) is 0. The molecule has 7 heteroatoms. The van der Waals surface area contributed by atoms with Crippen LogP contribution in [-0.4, -0.2) is 31.3 Å². The molecule has 0 amide bonds. The zero-order chi connectivity index (χ0) is 20.2. The molecule has 0 spiro atoms. The van der Waals surface area contributed by atoms with Gasteiger partial charge in [0.2, 0.25) is 0 Å². The number of aryl methyl sites for hydroxylation is 1. The highest BCUT2D eigenvalue weighted by atomic mass is 35.5. The van der Waals surface area contributed by atoms with Crippen molar-refractivity contribution in [2.24, 2.45) is 0 Å². The number of hydrogen-bond acceptors (Lipinski definition) is 5. The van der Waals surface area contributed by atoms with Crippen LogP contribution in [0, 0.1) is 6.92 Å². The van der Waals surface area contributed by atoms with E-state index in [2.05, 4.69) is 15.2 Å². The summed E-state index contributed by atoms with van der Waals surface area (Å²) in [5.74, 6) is 0.968. The molecule has 0 unspecified atom stereocenters. The van der Waals surface area contributed by atoms with Gasteiger partial charge in [0.15, 0.2) is 16.8 Å². The van der Waals surface area contributed by atoms with Gasteiger partial charge in [0.25, 0.3) is 0 Å². The summed E-state index contributed by atoms with van der Waals surface area (Å²) in [6.45, 7) is 2.04. The van der Waals surface area contributed by atoms with Crippen LogP contribution >= 0.6 is 23.4 Å². The molecule has 0 bridgehead atoms. The molecule has 2 aromatic heterocycles. The van der Waals surface area contributed by atoms with Crippen LogP contribution in [0.5, 0.6) is 0 Å². The number of thioether (sulfide) groups is 1. The Morgan fingerprint density at radius 2 is 1.66 bits per heavy atom. The van der Waals surface area contributed by atoms with E-state index in [1.54, 1.807) is 36.7 Å². The highest BCUT2D eigenvalue weighted by molar-refractivity contribution is 7.99. The number of carbonyl (C=O) groups is 1. The second-order valence-electron chi connectivity index (χ2n) is 6.43. The van der Waals surface area contributed by atoms with Gasteiger partial charge in [-0.25, -0.2) is 0 Å². The summed E-state index contributed by atoms with van der Waals surface area (Å²) >= 11 is 7.27. The van der Waals surface area contributed by atoms with Gasteiger partial charge in [-0.05, 0) is 55.5 Å². The summed E-state index contributed by atoms with van der Waals surface area (Å²) in [5.41, 5.74) is 3.63. The first-order chi connectivity index (χ1) is 14.1. The number of benzene rings is 2. The van der Waals surface area contributed by atoms with Gasteiger partial charge < -0.3 is 0 Å². The van der Waals surface area contributed by atoms with E-state index in [0.717, 1.165) is 11.3 Å². The van der Waals surface area contributed by atoms with Gasteiger partial charge in [0.05, 0.1) is 5.75 Å². The van der Waals surface area contributed by atoms with Gasteiger partial charge in [-0.2, -0.15) is 0 Å². The van der Waals surface area contributed by atoms with E-state index >= 15 is 0 Å². The minimum absolute atomic E-state index is 0.00980. The lowest BCUT2D eigenvalue weighted by Gasteiger charge is -2.10. The van der Waals surface area contributed by atoms with Gasteiger partial charge >= 0.3 is 0 Å². The minimum atomic E-state index is 0.00980. The van der Waals surface area contributed by atoms with Crippen LogP contribution < -0.4 is 0 Å². The van der Waals surface area contributed by atoms with Crippen LogP contribution in [0.1, 0.15) is 15.9 Å². The molecule has 0 aliphatic heterocycles. The Bertz CT molecular complexity index is 1130. The summed E-state index contributed by atoms with van der Waals surface area (Å²) in [4.78, 5) is 16.6. The third-order valence-electron chi connectivity index (χ3n) is 4.36. The van der Waals surface area contributed by atoms with Gasteiger partial charge in [0, 0.05) is 34.2 Å². The van der Waals surface area contributed by atoms with Crippen molar-refractivity contribution in [1.82, 2.24) is 19.7 Å².